The number of anilines is 2. The number of likely N-dealkylation sites (tertiary alicyclic amines) is 1. The van der Waals surface area contributed by atoms with E-state index >= 15 is 0 Å². The van der Waals surface area contributed by atoms with E-state index in [1.165, 1.54) is 18.4 Å². The minimum absolute atomic E-state index is 0.193. The molecule has 2 aliphatic carbocycles. The molecule has 1 saturated heterocycles. The SMILES string of the molecule is Oc1ccc2cc1N(c1ccccc1)C1CCC3(O)C(CCN(CC4CC4)C3C2)C1. The smallest absolute Gasteiger partial charge is 0.139 e. The first-order chi connectivity index (χ1) is 14.6. The Kier molecular flexibility index (Phi) is 4.36. The molecule has 2 saturated carbocycles. The summed E-state index contributed by atoms with van der Waals surface area (Å²) >= 11 is 0. The molecule has 7 rings (SSSR count). The van der Waals surface area contributed by atoms with Crippen LogP contribution in [0.25, 0.3) is 0 Å². The van der Waals surface area contributed by atoms with Crippen LogP contribution in [0.2, 0.25) is 0 Å². The molecule has 0 aromatic heterocycles. The molecule has 0 amide bonds. The number of phenolic OH excluding ortho intramolecular Hbond substituents is 1. The number of hydrogen-bond acceptors (Lipinski definition) is 4. The summed E-state index contributed by atoms with van der Waals surface area (Å²) in [6, 6.07) is 17.0. The number of phenols is 1. The van der Waals surface area contributed by atoms with Crippen LogP contribution in [0.4, 0.5) is 11.4 Å². The lowest BCUT2D eigenvalue weighted by atomic mass is 9.64. The van der Waals surface area contributed by atoms with Gasteiger partial charge in [-0.05, 0) is 93.2 Å². The van der Waals surface area contributed by atoms with E-state index in [2.05, 4.69) is 46.2 Å². The highest BCUT2D eigenvalue weighted by molar-refractivity contribution is 5.70. The Labute approximate surface area is 179 Å². The second-order valence-corrected chi connectivity index (χ2v) is 10.1. The van der Waals surface area contributed by atoms with Crippen molar-refractivity contribution in [3.63, 3.8) is 0 Å². The Morgan fingerprint density at radius 3 is 2.63 bits per heavy atom. The molecule has 5 aliphatic rings. The van der Waals surface area contributed by atoms with Crippen LogP contribution in [-0.2, 0) is 6.42 Å². The Bertz CT molecular complexity index is 928. The van der Waals surface area contributed by atoms with Crippen molar-refractivity contribution in [3.8, 4) is 5.75 Å². The highest BCUT2D eigenvalue weighted by Crippen LogP contribution is 2.50. The molecule has 3 aliphatic heterocycles. The van der Waals surface area contributed by atoms with Gasteiger partial charge in [-0.15, -0.1) is 0 Å². The molecule has 4 heteroatoms. The number of piperidine rings is 1. The molecule has 2 N–H and O–H groups in total. The van der Waals surface area contributed by atoms with Crippen LogP contribution in [0.1, 0.15) is 44.1 Å². The van der Waals surface area contributed by atoms with E-state index in [4.69, 9.17) is 0 Å². The van der Waals surface area contributed by atoms with Gasteiger partial charge in [0.15, 0.2) is 0 Å². The summed E-state index contributed by atoms with van der Waals surface area (Å²) in [5.74, 6) is 1.51. The highest BCUT2D eigenvalue weighted by Gasteiger charge is 2.53. The van der Waals surface area contributed by atoms with Crippen molar-refractivity contribution in [2.75, 3.05) is 18.0 Å². The summed E-state index contributed by atoms with van der Waals surface area (Å²) in [6.45, 7) is 2.25. The summed E-state index contributed by atoms with van der Waals surface area (Å²) in [5, 5.41) is 22.9. The van der Waals surface area contributed by atoms with Crippen LogP contribution < -0.4 is 4.90 Å². The second-order valence-electron chi connectivity index (χ2n) is 10.1. The van der Waals surface area contributed by atoms with Crippen molar-refractivity contribution in [1.29, 1.82) is 0 Å². The lowest BCUT2D eigenvalue weighted by Crippen LogP contribution is -2.65. The van der Waals surface area contributed by atoms with Gasteiger partial charge in [-0.2, -0.15) is 0 Å². The van der Waals surface area contributed by atoms with E-state index in [0.29, 0.717) is 17.7 Å². The number of aromatic hydroxyl groups is 1. The fourth-order valence-corrected chi connectivity index (χ4v) is 6.49. The van der Waals surface area contributed by atoms with Gasteiger partial charge in [0.1, 0.15) is 5.75 Å². The number of hydrogen-bond donors (Lipinski definition) is 2. The van der Waals surface area contributed by atoms with E-state index < -0.39 is 5.60 Å². The van der Waals surface area contributed by atoms with Crippen LogP contribution in [0.5, 0.6) is 5.75 Å². The Morgan fingerprint density at radius 2 is 1.83 bits per heavy atom. The third-order valence-electron chi connectivity index (χ3n) is 8.24. The summed E-state index contributed by atoms with van der Waals surface area (Å²) < 4.78 is 0. The largest absolute Gasteiger partial charge is 0.506 e. The Hall–Kier alpha value is -2.04. The predicted octanol–water partition coefficient (Wildman–Crippen LogP) is 4.47. The van der Waals surface area contributed by atoms with Gasteiger partial charge < -0.3 is 15.1 Å². The summed E-state index contributed by atoms with van der Waals surface area (Å²) in [7, 11) is 0. The summed E-state index contributed by atoms with van der Waals surface area (Å²) in [4.78, 5) is 4.95. The van der Waals surface area contributed by atoms with Crippen molar-refractivity contribution in [3.05, 3.63) is 54.1 Å². The van der Waals surface area contributed by atoms with Crippen molar-refractivity contribution < 1.29 is 10.2 Å². The molecular weight excluding hydrogens is 372 g/mol. The average molecular weight is 405 g/mol. The number of aliphatic hydroxyl groups is 1. The minimum atomic E-state index is -0.596. The molecular formula is C26H32N2O2. The number of fused-ring (bicyclic) bond motifs is 1. The van der Waals surface area contributed by atoms with Gasteiger partial charge in [0.25, 0.3) is 0 Å². The van der Waals surface area contributed by atoms with Gasteiger partial charge >= 0.3 is 0 Å². The molecule has 4 nitrogen and oxygen atoms in total. The van der Waals surface area contributed by atoms with Crippen LogP contribution >= 0.6 is 0 Å². The van der Waals surface area contributed by atoms with Crippen molar-refractivity contribution in [2.24, 2.45) is 11.8 Å². The normalized spacial score (nSPS) is 33.5. The second kappa shape index (κ2) is 7.00. The van der Waals surface area contributed by atoms with E-state index in [1.807, 2.05) is 12.1 Å². The number of para-hydroxylation sites is 1. The van der Waals surface area contributed by atoms with Gasteiger partial charge in [0.2, 0.25) is 0 Å². The molecule has 4 unspecified atom stereocenters. The van der Waals surface area contributed by atoms with Gasteiger partial charge in [-0.25, -0.2) is 0 Å². The third kappa shape index (κ3) is 3.04. The molecule has 2 aromatic carbocycles. The Morgan fingerprint density at radius 1 is 1.00 bits per heavy atom. The zero-order valence-electron chi connectivity index (χ0n) is 17.6. The van der Waals surface area contributed by atoms with Gasteiger partial charge in [0.05, 0.1) is 11.3 Å². The topological polar surface area (TPSA) is 46.9 Å². The van der Waals surface area contributed by atoms with Crippen molar-refractivity contribution in [1.82, 2.24) is 4.90 Å². The molecule has 3 fully saturated rings. The van der Waals surface area contributed by atoms with E-state index in [-0.39, 0.29) is 6.04 Å². The third-order valence-corrected chi connectivity index (χ3v) is 8.24. The van der Waals surface area contributed by atoms with Gasteiger partial charge in [-0.3, -0.25) is 4.90 Å². The number of benzene rings is 2. The van der Waals surface area contributed by atoms with Crippen LogP contribution in [0.3, 0.4) is 0 Å². The van der Waals surface area contributed by atoms with Crippen LogP contribution in [0.15, 0.2) is 48.5 Å². The quantitative estimate of drug-likeness (QED) is 0.792. The summed E-state index contributed by atoms with van der Waals surface area (Å²) in [6.07, 6.45) is 7.44. The molecule has 158 valence electrons. The average Bonchev–Trinajstić information content (AvgIpc) is 3.57. The van der Waals surface area contributed by atoms with Gasteiger partial charge in [-0.1, -0.05) is 24.3 Å². The van der Waals surface area contributed by atoms with Crippen molar-refractivity contribution >= 4 is 11.4 Å². The maximum Gasteiger partial charge on any atom is 0.139 e. The maximum atomic E-state index is 12.1. The number of rotatable bonds is 3. The van der Waals surface area contributed by atoms with E-state index in [0.717, 1.165) is 62.5 Å². The van der Waals surface area contributed by atoms with Crippen LogP contribution in [-0.4, -0.2) is 45.9 Å². The first-order valence-electron chi connectivity index (χ1n) is 11.7. The first-order valence-corrected chi connectivity index (χ1v) is 11.7. The number of nitrogens with zero attached hydrogens (tertiary/aromatic N) is 2. The lowest BCUT2D eigenvalue weighted by Gasteiger charge is -2.57. The highest BCUT2D eigenvalue weighted by atomic mass is 16.3. The molecule has 4 atom stereocenters. The fourth-order valence-electron chi connectivity index (χ4n) is 6.49. The van der Waals surface area contributed by atoms with Gasteiger partial charge in [0, 0.05) is 24.3 Å². The molecule has 2 aromatic rings. The minimum Gasteiger partial charge on any atom is -0.506 e. The fraction of sp³-hybridized carbons (Fsp3) is 0.538. The van der Waals surface area contributed by atoms with Crippen molar-refractivity contribution in [2.45, 2.75) is 62.6 Å². The monoisotopic (exact) mass is 404 g/mol. The van der Waals surface area contributed by atoms with Crippen LogP contribution in [0, 0.1) is 11.8 Å². The zero-order chi connectivity index (χ0) is 20.3. The zero-order valence-corrected chi connectivity index (χ0v) is 17.6. The lowest BCUT2D eigenvalue weighted by molar-refractivity contribution is -0.144. The Balaban J connectivity index is 1.47. The van der Waals surface area contributed by atoms with E-state index in [1.54, 1.807) is 0 Å². The standard InChI is InChI=1S/C26H32N2O2/c29-24-9-8-19-14-23(24)28(21-4-2-1-3-5-21)22-10-12-26(30)20(16-22)11-13-27(25(26)15-19)17-18-6-7-18/h1-5,8-9,14,18,20,22,25,29-30H,6-7,10-13,15-17H2. The molecule has 30 heavy (non-hydrogen) atoms. The molecule has 6 bridgehead atoms. The first kappa shape index (κ1) is 18.7. The predicted molar refractivity (Wildman–Crippen MR) is 119 cm³/mol. The van der Waals surface area contributed by atoms with E-state index in [9.17, 15) is 10.2 Å². The molecule has 0 radical (unpaired) electrons. The summed E-state index contributed by atoms with van der Waals surface area (Å²) in [5.41, 5.74) is 2.67. The molecule has 3 heterocycles. The maximum absolute atomic E-state index is 12.1. The molecule has 0 spiro atoms.